The summed E-state index contributed by atoms with van der Waals surface area (Å²) in [6.45, 7) is 12.7. The van der Waals surface area contributed by atoms with Crippen molar-refractivity contribution in [3.8, 4) is 0 Å². The summed E-state index contributed by atoms with van der Waals surface area (Å²) in [5.41, 5.74) is -1.48. The van der Waals surface area contributed by atoms with Crippen molar-refractivity contribution >= 4 is 40.7 Å². The van der Waals surface area contributed by atoms with Crippen LogP contribution in [0.2, 0.25) is 4.34 Å². The van der Waals surface area contributed by atoms with Crippen LogP contribution in [0.5, 0.6) is 0 Å². The number of halogens is 1. The van der Waals surface area contributed by atoms with Crippen LogP contribution in [0, 0.1) is 16.7 Å². The van der Waals surface area contributed by atoms with Gasteiger partial charge in [-0.3, -0.25) is 9.59 Å². The van der Waals surface area contributed by atoms with Gasteiger partial charge in [0.25, 0.3) is 5.91 Å². The zero-order valence-corrected chi connectivity index (χ0v) is 22.7. The third-order valence-electron chi connectivity index (χ3n) is 6.36. The standard InChI is InChI=1S/C24H36ClN5O3S/c1-15-10-11-29(20(32)23(2,3)4)13-17(15)19-26-22(28(7)12-16-8-9-18(25)34-16)30(27-19)21(33)24(5,6)14-31/h8-9,15,17,31H,10-14H2,1-7H3. The molecule has 1 saturated heterocycles. The zero-order valence-electron chi connectivity index (χ0n) is 21.1. The number of piperidine rings is 1. The third-order valence-corrected chi connectivity index (χ3v) is 7.57. The fourth-order valence-electron chi connectivity index (χ4n) is 4.02. The van der Waals surface area contributed by atoms with E-state index in [-0.39, 0.29) is 30.3 Å². The molecule has 1 amide bonds. The van der Waals surface area contributed by atoms with Gasteiger partial charge in [0.2, 0.25) is 11.9 Å². The molecule has 2 aromatic rings. The second kappa shape index (κ2) is 9.95. The van der Waals surface area contributed by atoms with Crippen LogP contribution in [0.3, 0.4) is 0 Å². The van der Waals surface area contributed by atoms with Crippen LogP contribution in [0.1, 0.15) is 69.4 Å². The summed E-state index contributed by atoms with van der Waals surface area (Å²) in [6.07, 6.45) is 0.843. The van der Waals surface area contributed by atoms with Crippen molar-refractivity contribution in [2.75, 3.05) is 31.6 Å². The fraction of sp³-hybridized carbons (Fsp3) is 0.667. The molecule has 2 aromatic heterocycles. The van der Waals surface area contributed by atoms with E-state index in [0.717, 1.165) is 11.3 Å². The van der Waals surface area contributed by atoms with Crippen LogP contribution in [-0.4, -0.2) is 63.3 Å². The summed E-state index contributed by atoms with van der Waals surface area (Å²) in [6, 6.07) is 3.79. The van der Waals surface area contributed by atoms with Crippen molar-refractivity contribution in [3.05, 3.63) is 27.2 Å². The van der Waals surface area contributed by atoms with Gasteiger partial charge in [0.15, 0.2) is 5.82 Å². The zero-order chi connectivity index (χ0) is 25.4. The molecule has 0 aliphatic carbocycles. The van der Waals surface area contributed by atoms with E-state index in [1.54, 1.807) is 13.8 Å². The minimum atomic E-state index is -1.01. The predicted octanol–water partition coefficient (Wildman–Crippen LogP) is 4.29. The summed E-state index contributed by atoms with van der Waals surface area (Å²) in [5, 5.41) is 14.5. The van der Waals surface area contributed by atoms with Crippen LogP contribution in [-0.2, 0) is 11.3 Å². The quantitative estimate of drug-likeness (QED) is 0.624. The molecule has 3 rings (SSSR count). The SMILES string of the molecule is CC1CCN(C(=O)C(C)(C)C)CC1c1nc(N(C)Cc2ccc(Cl)s2)n(C(=O)C(C)(C)CO)n1. The number of aliphatic hydroxyl groups excluding tert-OH is 1. The Morgan fingerprint density at radius 1 is 1.24 bits per heavy atom. The highest BCUT2D eigenvalue weighted by Crippen LogP contribution is 2.34. The van der Waals surface area contributed by atoms with E-state index in [0.29, 0.717) is 35.7 Å². The Morgan fingerprint density at radius 2 is 1.91 bits per heavy atom. The highest BCUT2D eigenvalue weighted by Gasteiger charge is 2.38. The van der Waals surface area contributed by atoms with Gasteiger partial charge in [-0.15, -0.1) is 16.4 Å². The first-order valence-electron chi connectivity index (χ1n) is 11.6. The van der Waals surface area contributed by atoms with Gasteiger partial charge >= 0.3 is 0 Å². The van der Waals surface area contributed by atoms with E-state index in [4.69, 9.17) is 16.6 Å². The fourth-order valence-corrected chi connectivity index (χ4v) is 5.16. The number of hydrogen-bond acceptors (Lipinski definition) is 7. The van der Waals surface area contributed by atoms with Crippen LogP contribution < -0.4 is 4.90 Å². The summed E-state index contributed by atoms with van der Waals surface area (Å²) in [5.74, 6) is 0.911. The molecule has 0 aromatic carbocycles. The monoisotopic (exact) mass is 509 g/mol. The van der Waals surface area contributed by atoms with Gasteiger partial charge in [0, 0.05) is 36.3 Å². The van der Waals surface area contributed by atoms with Gasteiger partial charge < -0.3 is 14.9 Å². The number of carbonyl (C=O) groups excluding carboxylic acids is 2. The maximum absolute atomic E-state index is 13.4. The largest absolute Gasteiger partial charge is 0.395 e. The number of likely N-dealkylation sites (tertiary alicyclic amines) is 1. The number of nitrogens with zero attached hydrogens (tertiary/aromatic N) is 5. The van der Waals surface area contributed by atoms with E-state index in [1.165, 1.54) is 16.0 Å². The third kappa shape index (κ3) is 5.63. The molecule has 34 heavy (non-hydrogen) atoms. The number of aliphatic hydroxyl groups is 1. The minimum Gasteiger partial charge on any atom is -0.395 e. The highest BCUT2D eigenvalue weighted by atomic mass is 35.5. The topological polar surface area (TPSA) is 91.6 Å². The molecular formula is C24H36ClN5O3S. The molecule has 2 atom stereocenters. The minimum absolute atomic E-state index is 0.0883. The van der Waals surface area contributed by atoms with E-state index in [1.807, 2.05) is 49.8 Å². The molecule has 1 N–H and O–H groups in total. The van der Waals surface area contributed by atoms with Crippen molar-refractivity contribution in [3.63, 3.8) is 0 Å². The van der Waals surface area contributed by atoms with Crippen LogP contribution >= 0.6 is 22.9 Å². The van der Waals surface area contributed by atoms with Crippen molar-refractivity contribution in [1.29, 1.82) is 0 Å². The molecule has 188 valence electrons. The predicted molar refractivity (Wildman–Crippen MR) is 136 cm³/mol. The molecular weight excluding hydrogens is 474 g/mol. The van der Waals surface area contributed by atoms with Gasteiger partial charge in [-0.25, -0.2) is 0 Å². The van der Waals surface area contributed by atoms with Crippen molar-refractivity contribution in [2.45, 2.75) is 60.4 Å². The number of anilines is 1. The van der Waals surface area contributed by atoms with Gasteiger partial charge in [0.1, 0.15) is 0 Å². The molecule has 0 radical (unpaired) electrons. The van der Waals surface area contributed by atoms with Crippen molar-refractivity contribution < 1.29 is 14.7 Å². The average Bonchev–Trinajstić information content (AvgIpc) is 3.38. The Balaban J connectivity index is 1.98. The lowest BCUT2D eigenvalue weighted by atomic mass is 9.84. The second-order valence-corrected chi connectivity index (χ2v) is 12.8. The molecule has 0 saturated carbocycles. The summed E-state index contributed by atoms with van der Waals surface area (Å²) < 4.78 is 2.01. The number of aromatic nitrogens is 3. The lowest BCUT2D eigenvalue weighted by Gasteiger charge is -2.38. The Kier molecular flexibility index (Phi) is 7.79. The van der Waals surface area contributed by atoms with Crippen LogP contribution in [0.25, 0.3) is 0 Å². The first kappa shape index (κ1) is 26.6. The number of thiophene rings is 1. The highest BCUT2D eigenvalue weighted by molar-refractivity contribution is 7.16. The second-order valence-electron chi connectivity index (χ2n) is 11.0. The molecule has 10 heteroatoms. The summed E-state index contributed by atoms with van der Waals surface area (Å²) >= 11 is 7.57. The molecule has 1 aliphatic heterocycles. The van der Waals surface area contributed by atoms with E-state index < -0.39 is 10.8 Å². The normalized spacial score (nSPS) is 19.4. The molecule has 1 fully saturated rings. The first-order chi connectivity index (χ1) is 15.7. The van der Waals surface area contributed by atoms with E-state index >= 15 is 0 Å². The maximum atomic E-state index is 13.4. The molecule has 0 spiro atoms. The van der Waals surface area contributed by atoms with Gasteiger partial charge in [0.05, 0.1) is 22.9 Å². The number of rotatable bonds is 6. The summed E-state index contributed by atoms with van der Waals surface area (Å²) in [4.78, 5) is 35.9. The Bertz CT molecular complexity index is 1040. The van der Waals surface area contributed by atoms with Gasteiger partial charge in [-0.05, 0) is 38.3 Å². The Morgan fingerprint density at radius 3 is 2.47 bits per heavy atom. The van der Waals surface area contributed by atoms with Crippen molar-refractivity contribution in [1.82, 2.24) is 19.7 Å². The molecule has 2 unspecified atom stereocenters. The Hall–Kier alpha value is -1.97. The van der Waals surface area contributed by atoms with Crippen LogP contribution in [0.4, 0.5) is 5.95 Å². The van der Waals surface area contributed by atoms with E-state index in [9.17, 15) is 14.7 Å². The molecule has 8 nitrogen and oxygen atoms in total. The molecule has 1 aliphatic rings. The average molecular weight is 510 g/mol. The van der Waals surface area contributed by atoms with Crippen LogP contribution in [0.15, 0.2) is 12.1 Å². The lowest BCUT2D eigenvalue weighted by Crippen LogP contribution is -2.47. The van der Waals surface area contributed by atoms with Crippen molar-refractivity contribution in [2.24, 2.45) is 16.7 Å². The number of carbonyl (C=O) groups is 2. The van der Waals surface area contributed by atoms with Gasteiger partial charge in [-0.2, -0.15) is 9.67 Å². The smallest absolute Gasteiger partial charge is 0.258 e. The molecule has 0 bridgehead atoms. The molecule has 3 heterocycles. The van der Waals surface area contributed by atoms with Gasteiger partial charge in [-0.1, -0.05) is 39.3 Å². The maximum Gasteiger partial charge on any atom is 0.258 e. The first-order valence-corrected chi connectivity index (χ1v) is 12.8. The lowest BCUT2D eigenvalue weighted by molar-refractivity contribution is -0.141. The van der Waals surface area contributed by atoms with E-state index in [2.05, 4.69) is 12.0 Å². The Labute approximate surface area is 210 Å². The number of amides is 1. The number of hydrogen-bond donors (Lipinski definition) is 1. The summed E-state index contributed by atoms with van der Waals surface area (Å²) in [7, 11) is 1.86.